The molecule has 1 atom stereocenters. The first kappa shape index (κ1) is 15.6. The van der Waals surface area contributed by atoms with Gasteiger partial charge in [-0.2, -0.15) is 18.3 Å². The molecule has 0 amide bonds. The van der Waals surface area contributed by atoms with E-state index in [1.165, 1.54) is 6.20 Å². The van der Waals surface area contributed by atoms with E-state index in [1.54, 1.807) is 0 Å². The van der Waals surface area contributed by atoms with Crippen LogP contribution in [0.3, 0.4) is 0 Å². The van der Waals surface area contributed by atoms with Gasteiger partial charge in [-0.05, 0) is 25.4 Å². The van der Waals surface area contributed by atoms with Crippen LogP contribution < -0.4 is 10.1 Å². The maximum atomic E-state index is 12.2. The number of esters is 1. The minimum absolute atomic E-state index is 0.252. The Kier molecular flexibility index (Phi) is 4.71. The number of H-pyrrole nitrogens is 1. The number of aromatic nitrogens is 2. The van der Waals surface area contributed by atoms with E-state index in [1.807, 2.05) is 0 Å². The number of carbonyl (C=O) groups is 1. The van der Waals surface area contributed by atoms with Gasteiger partial charge in [0.1, 0.15) is 5.69 Å². The second kappa shape index (κ2) is 6.33. The van der Waals surface area contributed by atoms with Crippen LogP contribution in [0.2, 0.25) is 0 Å². The highest BCUT2D eigenvalue weighted by Gasteiger charge is 2.42. The fourth-order valence-electron chi connectivity index (χ4n) is 2.25. The number of carbonyl (C=O) groups excluding carboxylic acids is 1. The van der Waals surface area contributed by atoms with Gasteiger partial charge in [0, 0.05) is 13.1 Å². The SMILES string of the molecule is CCN1CC[C@H](CNc2cn[nH]c2OC(=O)C(F)(F)F)C1. The summed E-state index contributed by atoms with van der Waals surface area (Å²) in [5.74, 6) is -2.18. The summed E-state index contributed by atoms with van der Waals surface area (Å²) in [7, 11) is 0. The summed E-state index contributed by atoms with van der Waals surface area (Å²) in [6.07, 6.45) is -2.71. The molecular weight excluding hydrogens is 289 g/mol. The van der Waals surface area contributed by atoms with Gasteiger partial charge in [-0.1, -0.05) is 6.92 Å². The van der Waals surface area contributed by atoms with Gasteiger partial charge in [-0.15, -0.1) is 0 Å². The maximum Gasteiger partial charge on any atom is 0.491 e. The highest BCUT2D eigenvalue weighted by molar-refractivity contribution is 5.79. The molecule has 1 fully saturated rings. The molecule has 0 bridgehead atoms. The van der Waals surface area contributed by atoms with Crippen molar-refractivity contribution >= 4 is 11.7 Å². The van der Waals surface area contributed by atoms with E-state index >= 15 is 0 Å². The van der Waals surface area contributed by atoms with Crippen molar-refractivity contribution in [2.75, 3.05) is 31.5 Å². The Morgan fingerprint density at radius 2 is 2.38 bits per heavy atom. The van der Waals surface area contributed by atoms with E-state index in [0.717, 1.165) is 26.1 Å². The van der Waals surface area contributed by atoms with Crippen molar-refractivity contribution in [2.24, 2.45) is 5.92 Å². The van der Waals surface area contributed by atoms with E-state index in [9.17, 15) is 18.0 Å². The quantitative estimate of drug-likeness (QED) is 0.809. The number of aromatic amines is 1. The summed E-state index contributed by atoms with van der Waals surface area (Å²) < 4.78 is 40.7. The zero-order chi connectivity index (χ0) is 15.5. The number of nitrogens with zero attached hydrogens (tertiary/aromatic N) is 2. The molecule has 6 nitrogen and oxygen atoms in total. The zero-order valence-corrected chi connectivity index (χ0v) is 11.5. The molecule has 2 rings (SSSR count). The molecular formula is C12H17F3N4O2. The number of alkyl halides is 3. The van der Waals surface area contributed by atoms with Crippen LogP contribution in [0.15, 0.2) is 6.20 Å². The zero-order valence-electron chi connectivity index (χ0n) is 11.5. The number of likely N-dealkylation sites (tertiary alicyclic amines) is 1. The third-order valence-corrected chi connectivity index (χ3v) is 3.43. The molecule has 0 aliphatic carbocycles. The summed E-state index contributed by atoms with van der Waals surface area (Å²) in [5.41, 5.74) is 0.252. The highest BCUT2D eigenvalue weighted by Crippen LogP contribution is 2.25. The fraction of sp³-hybridized carbons (Fsp3) is 0.667. The van der Waals surface area contributed by atoms with Crippen LogP contribution in [0.4, 0.5) is 18.9 Å². The summed E-state index contributed by atoms with van der Waals surface area (Å²) >= 11 is 0. The van der Waals surface area contributed by atoms with Gasteiger partial charge in [0.25, 0.3) is 0 Å². The number of hydrogen-bond acceptors (Lipinski definition) is 5. The number of halogens is 3. The third kappa shape index (κ3) is 4.10. The van der Waals surface area contributed by atoms with Crippen LogP contribution in [0.1, 0.15) is 13.3 Å². The van der Waals surface area contributed by atoms with Gasteiger partial charge in [0.15, 0.2) is 0 Å². The molecule has 1 aliphatic heterocycles. The van der Waals surface area contributed by atoms with E-state index < -0.39 is 12.1 Å². The second-order valence-electron chi connectivity index (χ2n) is 4.93. The van der Waals surface area contributed by atoms with Crippen molar-refractivity contribution in [3.8, 4) is 5.88 Å². The Morgan fingerprint density at radius 1 is 1.62 bits per heavy atom. The van der Waals surface area contributed by atoms with Crippen molar-refractivity contribution in [1.29, 1.82) is 0 Å². The highest BCUT2D eigenvalue weighted by atomic mass is 19.4. The third-order valence-electron chi connectivity index (χ3n) is 3.43. The first-order chi connectivity index (χ1) is 9.90. The van der Waals surface area contributed by atoms with Gasteiger partial charge in [0.2, 0.25) is 5.88 Å². The van der Waals surface area contributed by atoms with Crippen molar-refractivity contribution in [1.82, 2.24) is 15.1 Å². The standard InChI is InChI=1S/C12H17F3N4O2/c1-2-19-4-3-8(7-19)5-16-9-6-17-18-10(9)21-11(20)12(13,14)15/h6,8,16H,2-5,7H2,1H3,(H,17,18)/t8-/m1/s1. The van der Waals surface area contributed by atoms with Gasteiger partial charge >= 0.3 is 12.1 Å². The normalized spacial score (nSPS) is 19.7. The largest absolute Gasteiger partial charge is 0.491 e. The molecule has 9 heteroatoms. The average Bonchev–Trinajstić information content (AvgIpc) is 3.04. The topological polar surface area (TPSA) is 70.2 Å². The van der Waals surface area contributed by atoms with Gasteiger partial charge in [0.05, 0.1) is 6.20 Å². The molecule has 1 aromatic rings. The van der Waals surface area contributed by atoms with Crippen LogP contribution in [0, 0.1) is 5.92 Å². The number of anilines is 1. The predicted molar refractivity (Wildman–Crippen MR) is 69.0 cm³/mol. The summed E-state index contributed by atoms with van der Waals surface area (Å²) in [5, 5.41) is 8.80. The Bertz CT molecular complexity index is 489. The molecule has 2 N–H and O–H groups in total. The predicted octanol–water partition coefficient (Wildman–Crippen LogP) is 1.63. The monoisotopic (exact) mass is 306 g/mol. The number of hydrogen-bond donors (Lipinski definition) is 2. The first-order valence-corrected chi connectivity index (χ1v) is 6.68. The molecule has 1 saturated heterocycles. The smallest absolute Gasteiger partial charge is 0.399 e. The fourth-order valence-corrected chi connectivity index (χ4v) is 2.25. The molecule has 0 spiro atoms. The minimum atomic E-state index is -5.03. The van der Waals surface area contributed by atoms with Crippen molar-refractivity contribution in [3.63, 3.8) is 0 Å². The van der Waals surface area contributed by atoms with Crippen LogP contribution in [0.25, 0.3) is 0 Å². The van der Waals surface area contributed by atoms with Crippen LogP contribution >= 0.6 is 0 Å². The molecule has 0 unspecified atom stereocenters. The second-order valence-corrected chi connectivity index (χ2v) is 4.93. The molecule has 0 radical (unpaired) electrons. The molecule has 21 heavy (non-hydrogen) atoms. The lowest BCUT2D eigenvalue weighted by atomic mass is 10.1. The molecule has 1 aromatic heterocycles. The lowest BCUT2D eigenvalue weighted by molar-refractivity contribution is -0.189. The minimum Gasteiger partial charge on any atom is -0.399 e. The van der Waals surface area contributed by atoms with Gasteiger partial charge in [-0.3, -0.25) is 0 Å². The summed E-state index contributed by atoms with van der Waals surface area (Å²) in [6, 6.07) is 0. The van der Waals surface area contributed by atoms with E-state index in [0.29, 0.717) is 12.5 Å². The molecule has 0 saturated carbocycles. The van der Waals surface area contributed by atoms with E-state index in [-0.39, 0.29) is 11.6 Å². The molecule has 0 aromatic carbocycles. The van der Waals surface area contributed by atoms with Crippen molar-refractivity contribution in [2.45, 2.75) is 19.5 Å². The van der Waals surface area contributed by atoms with Crippen LogP contribution in [-0.4, -0.2) is 53.4 Å². The van der Waals surface area contributed by atoms with Gasteiger partial charge < -0.3 is 15.0 Å². The van der Waals surface area contributed by atoms with Crippen LogP contribution in [-0.2, 0) is 4.79 Å². The Labute approximate surface area is 119 Å². The molecule has 118 valence electrons. The molecule has 2 heterocycles. The lowest BCUT2D eigenvalue weighted by Crippen LogP contribution is -2.28. The lowest BCUT2D eigenvalue weighted by Gasteiger charge is -2.14. The molecule has 1 aliphatic rings. The Balaban J connectivity index is 1.88. The Hall–Kier alpha value is -1.77. The first-order valence-electron chi connectivity index (χ1n) is 6.68. The van der Waals surface area contributed by atoms with Crippen molar-refractivity contribution in [3.05, 3.63) is 6.20 Å². The number of ether oxygens (including phenoxy) is 1. The van der Waals surface area contributed by atoms with E-state index in [2.05, 4.69) is 32.1 Å². The van der Waals surface area contributed by atoms with Gasteiger partial charge in [-0.25, -0.2) is 9.89 Å². The number of nitrogens with one attached hydrogen (secondary N) is 2. The van der Waals surface area contributed by atoms with E-state index in [4.69, 9.17) is 0 Å². The van der Waals surface area contributed by atoms with Crippen molar-refractivity contribution < 1.29 is 22.7 Å². The average molecular weight is 306 g/mol. The maximum absolute atomic E-state index is 12.2. The van der Waals surface area contributed by atoms with Crippen LogP contribution in [0.5, 0.6) is 5.88 Å². The summed E-state index contributed by atoms with van der Waals surface area (Å²) in [4.78, 5) is 13.1. The number of rotatable bonds is 5. The Morgan fingerprint density at radius 3 is 3.00 bits per heavy atom. The summed E-state index contributed by atoms with van der Waals surface area (Å²) in [6.45, 7) is 5.62.